The third-order valence-corrected chi connectivity index (χ3v) is 2.96. The zero-order valence-electron chi connectivity index (χ0n) is 9.50. The first-order valence-corrected chi connectivity index (χ1v) is 5.80. The Morgan fingerprint density at radius 3 is 2.74 bits per heavy atom. The Morgan fingerprint density at radius 2 is 2.11 bits per heavy atom. The standard InChI is InChI=1S/C11H7BrF2N2O3/c1-4-9(15-11(17)18)10(19-16-4)5-2-8(14)6(12)3-7(5)13/h2-3,15H,1H3,(H,17,18). The average molecular weight is 333 g/mol. The van der Waals surface area contributed by atoms with Gasteiger partial charge in [-0.15, -0.1) is 0 Å². The number of carboxylic acid groups (broad SMARTS) is 1. The van der Waals surface area contributed by atoms with Gasteiger partial charge in [0.05, 0.1) is 10.0 Å². The number of aromatic nitrogens is 1. The van der Waals surface area contributed by atoms with Gasteiger partial charge in [0.15, 0.2) is 5.76 Å². The molecule has 8 heteroatoms. The highest BCUT2D eigenvalue weighted by molar-refractivity contribution is 9.10. The Balaban J connectivity index is 2.59. The molecule has 1 aromatic heterocycles. The summed E-state index contributed by atoms with van der Waals surface area (Å²) >= 11 is 2.85. The molecule has 0 aliphatic rings. The Kier molecular flexibility index (Phi) is 3.52. The summed E-state index contributed by atoms with van der Waals surface area (Å²) in [4.78, 5) is 10.7. The molecule has 0 saturated heterocycles. The number of anilines is 1. The molecular weight excluding hydrogens is 326 g/mol. The molecule has 0 atom stereocenters. The number of halogens is 3. The molecule has 0 radical (unpaired) electrons. The number of rotatable bonds is 2. The molecule has 2 aromatic rings. The summed E-state index contributed by atoms with van der Waals surface area (Å²) in [5, 5.41) is 14.3. The van der Waals surface area contributed by atoms with Crippen molar-refractivity contribution in [2.24, 2.45) is 0 Å². The molecule has 1 amide bonds. The van der Waals surface area contributed by atoms with E-state index in [-0.39, 0.29) is 27.2 Å². The molecule has 2 N–H and O–H groups in total. The fraction of sp³-hybridized carbons (Fsp3) is 0.0909. The minimum absolute atomic E-state index is 0.0203. The summed E-state index contributed by atoms with van der Waals surface area (Å²) in [5.41, 5.74) is -0.0155. The molecule has 100 valence electrons. The highest BCUT2D eigenvalue weighted by Crippen LogP contribution is 2.34. The molecule has 19 heavy (non-hydrogen) atoms. The van der Waals surface area contributed by atoms with Crippen LogP contribution in [-0.4, -0.2) is 16.4 Å². The van der Waals surface area contributed by atoms with Gasteiger partial charge in [0, 0.05) is 0 Å². The van der Waals surface area contributed by atoms with Gasteiger partial charge in [0.25, 0.3) is 0 Å². The van der Waals surface area contributed by atoms with E-state index in [1.54, 1.807) is 0 Å². The molecule has 0 unspecified atom stereocenters. The number of aryl methyl sites for hydroxylation is 1. The highest BCUT2D eigenvalue weighted by Gasteiger charge is 2.21. The SMILES string of the molecule is Cc1noc(-c2cc(F)c(Br)cc2F)c1NC(=O)O. The van der Waals surface area contributed by atoms with Gasteiger partial charge < -0.3 is 9.63 Å². The van der Waals surface area contributed by atoms with Crippen LogP contribution in [0.4, 0.5) is 19.3 Å². The third kappa shape index (κ3) is 2.58. The van der Waals surface area contributed by atoms with Crippen LogP contribution in [0.5, 0.6) is 0 Å². The van der Waals surface area contributed by atoms with Crippen LogP contribution in [0, 0.1) is 18.6 Å². The van der Waals surface area contributed by atoms with Crippen molar-refractivity contribution in [3.63, 3.8) is 0 Å². The minimum Gasteiger partial charge on any atom is -0.465 e. The number of hydrogen-bond donors (Lipinski definition) is 2. The van der Waals surface area contributed by atoms with E-state index in [9.17, 15) is 13.6 Å². The van der Waals surface area contributed by atoms with Gasteiger partial charge in [-0.3, -0.25) is 5.32 Å². The van der Waals surface area contributed by atoms with E-state index in [0.717, 1.165) is 12.1 Å². The number of hydrogen-bond acceptors (Lipinski definition) is 3. The Hall–Kier alpha value is -1.96. The quantitative estimate of drug-likeness (QED) is 0.820. The fourth-order valence-electron chi connectivity index (χ4n) is 1.50. The number of carbonyl (C=O) groups is 1. The lowest BCUT2D eigenvalue weighted by atomic mass is 10.1. The van der Waals surface area contributed by atoms with Crippen LogP contribution in [-0.2, 0) is 0 Å². The molecule has 0 bridgehead atoms. The normalized spacial score (nSPS) is 10.5. The van der Waals surface area contributed by atoms with E-state index in [0.29, 0.717) is 0 Å². The van der Waals surface area contributed by atoms with E-state index in [1.807, 2.05) is 5.32 Å². The largest absolute Gasteiger partial charge is 0.465 e. The van der Waals surface area contributed by atoms with E-state index in [1.165, 1.54) is 6.92 Å². The number of amides is 1. The van der Waals surface area contributed by atoms with E-state index < -0.39 is 17.7 Å². The predicted octanol–water partition coefficient (Wildman–Crippen LogP) is 3.78. The fourth-order valence-corrected chi connectivity index (χ4v) is 1.82. The zero-order chi connectivity index (χ0) is 14.2. The van der Waals surface area contributed by atoms with Gasteiger partial charge in [0.2, 0.25) is 0 Å². The average Bonchev–Trinajstić information content (AvgIpc) is 2.65. The molecule has 1 heterocycles. The van der Waals surface area contributed by atoms with Crippen molar-refractivity contribution >= 4 is 27.7 Å². The molecule has 1 aromatic carbocycles. The summed E-state index contributed by atoms with van der Waals surface area (Å²) in [5.74, 6) is -1.65. The summed E-state index contributed by atoms with van der Waals surface area (Å²) in [7, 11) is 0. The van der Waals surface area contributed by atoms with Crippen LogP contribution < -0.4 is 5.32 Å². The first-order valence-electron chi connectivity index (χ1n) is 5.01. The Morgan fingerprint density at radius 1 is 1.42 bits per heavy atom. The van der Waals surface area contributed by atoms with Crippen molar-refractivity contribution in [3.05, 3.63) is 33.9 Å². The Bertz CT molecular complexity index is 658. The van der Waals surface area contributed by atoms with Crippen molar-refractivity contribution in [1.82, 2.24) is 5.16 Å². The summed E-state index contributed by atoms with van der Waals surface area (Å²) < 4.78 is 32.0. The van der Waals surface area contributed by atoms with Crippen LogP contribution in [0.3, 0.4) is 0 Å². The van der Waals surface area contributed by atoms with Gasteiger partial charge in [-0.1, -0.05) is 5.16 Å². The van der Waals surface area contributed by atoms with Crippen molar-refractivity contribution in [3.8, 4) is 11.3 Å². The van der Waals surface area contributed by atoms with Gasteiger partial charge in [-0.05, 0) is 35.0 Å². The second-order valence-electron chi connectivity index (χ2n) is 3.65. The first kappa shape index (κ1) is 13.5. The molecule has 5 nitrogen and oxygen atoms in total. The maximum absolute atomic E-state index is 13.8. The van der Waals surface area contributed by atoms with E-state index in [2.05, 4.69) is 21.1 Å². The van der Waals surface area contributed by atoms with Crippen LogP contribution >= 0.6 is 15.9 Å². The molecule has 0 aliphatic heterocycles. The van der Waals surface area contributed by atoms with Crippen molar-refractivity contribution in [1.29, 1.82) is 0 Å². The smallest absolute Gasteiger partial charge is 0.409 e. The zero-order valence-corrected chi connectivity index (χ0v) is 11.1. The minimum atomic E-state index is -1.36. The van der Waals surface area contributed by atoms with Crippen molar-refractivity contribution in [2.75, 3.05) is 5.32 Å². The second-order valence-corrected chi connectivity index (χ2v) is 4.50. The van der Waals surface area contributed by atoms with E-state index >= 15 is 0 Å². The van der Waals surface area contributed by atoms with Crippen LogP contribution in [0.15, 0.2) is 21.1 Å². The predicted molar refractivity (Wildman–Crippen MR) is 65.9 cm³/mol. The molecule has 0 spiro atoms. The lowest BCUT2D eigenvalue weighted by molar-refractivity contribution is 0.209. The first-order chi connectivity index (χ1) is 8.90. The summed E-state index contributed by atoms with van der Waals surface area (Å²) in [6.45, 7) is 1.48. The van der Waals surface area contributed by atoms with Gasteiger partial charge in [0.1, 0.15) is 23.0 Å². The van der Waals surface area contributed by atoms with Crippen LogP contribution in [0.2, 0.25) is 0 Å². The molecule has 0 saturated carbocycles. The monoisotopic (exact) mass is 332 g/mol. The lowest BCUT2D eigenvalue weighted by Gasteiger charge is -2.04. The van der Waals surface area contributed by atoms with Gasteiger partial charge in [-0.25, -0.2) is 13.6 Å². The topological polar surface area (TPSA) is 75.4 Å². The molecular formula is C11H7BrF2N2O3. The summed E-state index contributed by atoms with van der Waals surface area (Å²) in [6, 6.07) is 1.82. The molecule has 2 rings (SSSR count). The van der Waals surface area contributed by atoms with Gasteiger partial charge >= 0.3 is 6.09 Å². The number of nitrogens with one attached hydrogen (secondary N) is 1. The third-order valence-electron chi connectivity index (χ3n) is 2.35. The number of benzene rings is 1. The van der Waals surface area contributed by atoms with Crippen molar-refractivity contribution in [2.45, 2.75) is 6.92 Å². The maximum Gasteiger partial charge on any atom is 0.409 e. The lowest BCUT2D eigenvalue weighted by Crippen LogP contribution is -2.08. The Labute approximate surface area is 114 Å². The highest BCUT2D eigenvalue weighted by atomic mass is 79.9. The van der Waals surface area contributed by atoms with Crippen LogP contribution in [0.25, 0.3) is 11.3 Å². The number of nitrogens with zero attached hydrogens (tertiary/aromatic N) is 1. The van der Waals surface area contributed by atoms with Crippen LogP contribution in [0.1, 0.15) is 5.69 Å². The second kappa shape index (κ2) is 4.96. The summed E-state index contributed by atoms with van der Waals surface area (Å²) in [6.07, 6.45) is -1.36. The van der Waals surface area contributed by atoms with Crippen molar-refractivity contribution < 1.29 is 23.2 Å². The molecule has 0 aliphatic carbocycles. The maximum atomic E-state index is 13.8. The van der Waals surface area contributed by atoms with E-state index in [4.69, 9.17) is 9.63 Å². The van der Waals surface area contributed by atoms with Gasteiger partial charge in [-0.2, -0.15) is 0 Å². The molecule has 0 fully saturated rings.